The highest BCUT2D eigenvalue weighted by Gasteiger charge is 2.31. The van der Waals surface area contributed by atoms with Crippen molar-refractivity contribution in [2.45, 2.75) is 88.4 Å². The van der Waals surface area contributed by atoms with E-state index in [1.165, 1.54) is 12.1 Å². The summed E-state index contributed by atoms with van der Waals surface area (Å²) in [7, 11) is 0. The van der Waals surface area contributed by atoms with Crippen LogP contribution in [0.1, 0.15) is 61.6 Å². The number of H-pyrrole nitrogens is 1. The van der Waals surface area contributed by atoms with Crippen LogP contribution in [-0.2, 0) is 38.4 Å². The normalized spacial score (nSPS) is 13.2. The molecule has 0 aliphatic carbocycles. The molecule has 0 saturated carbocycles. The van der Waals surface area contributed by atoms with Gasteiger partial charge < -0.3 is 60.0 Å². The predicted molar refractivity (Wildman–Crippen MR) is 227 cm³/mol. The summed E-state index contributed by atoms with van der Waals surface area (Å²) >= 11 is 0. The van der Waals surface area contributed by atoms with Gasteiger partial charge in [0.2, 0.25) is 23.6 Å². The van der Waals surface area contributed by atoms with Gasteiger partial charge in [0, 0.05) is 42.2 Å². The Labute approximate surface area is 339 Å². The molecule has 0 unspecified atom stereocenters. The monoisotopic (exact) mass is 797 g/mol. The summed E-state index contributed by atoms with van der Waals surface area (Å²) in [6.07, 6.45) is 7.03. The number of hydrogen-bond acceptors (Lipinski definition) is 9. The number of carbonyl (C=O) groups excluding carboxylic acids is 4. The highest BCUT2D eigenvalue weighted by atomic mass is 16.3. The average molecular weight is 798 g/mol. The third kappa shape index (κ3) is 14.7. The maximum absolute atomic E-state index is 14.2. The molecule has 312 valence electrons. The average Bonchev–Trinajstić information content (AvgIpc) is 3.61. The number of benzene rings is 3. The molecule has 4 atom stereocenters. The molecule has 1 heterocycles. The van der Waals surface area contributed by atoms with Gasteiger partial charge in [-0.2, -0.15) is 0 Å². The number of anilines is 1. The fourth-order valence-corrected chi connectivity index (χ4v) is 6.62. The summed E-state index contributed by atoms with van der Waals surface area (Å²) in [4.78, 5) is 62.1. The van der Waals surface area contributed by atoms with Crippen molar-refractivity contribution in [3.8, 4) is 5.75 Å². The van der Waals surface area contributed by atoms with E-state index in [-0.39, 0.29) is 31.0 Å². The first-order valence-corrected chi connectivity index (χ1v) is 19.8. The fourth-order valence-electron chi connectivity index (χ4n) is 6.62. The number of phenolic OH excluding ortho intramolecular Hbond substituents is 1. The Kier molecular flexibility index (Phi) is 17.8. The molecule has 0 spiro atoms. The number of aliphatic imine (C=N–C) groups is 1. The summed E-state index contributed by atoms with van der Waals surface area (Å²) in [5.74, 6) is -2.23. The van der Waals surface area contributed by atoms with E-state index in [1.807, 2.05) is 36.4 Å². The first-order valence-electron chi connectivity index (χ1n) is 19.8. The molecule has 4 rings (SSSR count). The summed E-state index contributed by atoms with van der Waals surface area (Å²) in [6.45, 7) is 1.47. The van der Waals surface area contributed by atoms with Crippen LogP contribution >= 0.6 is 0 Å². The van der Waals surface area contributed by atoms with Gasteiger partial charge in [0.25, 0.3) is 0 Å². The minimum Gasteiger partial charge on any atom is -0.508 e. The first kappa shape index (κ1) is 44.6. The number of nitrogens with one attached hydrogen (secondary N) is 5. The molecule has 3 aromatic carbocycles. The molecule has 0 radical (unpaired) electrons. The van der Waals surface area contributed by atoms with Crippen LogP contribution in [-0.4, -0.2) is 83.5 Å². The van der Waals surface area contributed by atoms with E-state index in [9.17, 15) is 24.3 Å². The van der Waals surface area contributed by atoms with E-state index in [2.05, 4.69) is 31.2 Å². The van der Waals surface area contributed by atoms with Crippen LogP contribution in [0.15, 0.2) is 84.0 Å². The van der Waals surface area contributed by atoms with Crippen LogP contribution in [0.5, 0.6) is 5.75 Å². The maximum atomic E-state index is 14.2. The number of nitrogens with two attached hydrogens (primary N) is 5. The second kappa shape index (κ2) is 23.2. The maximum Gasteiger partial charge on any atom is 0.243 e. The number of aromatic nitrogens is 1. The Bertz CT molecular complexity index is 1940. The summed E-state index contributed by atoms with van der Waals surface area (Å²) in [6, 6.07) is 17.2. The fraction of sp³-hybridized carbons (Fsp3) is 0.405. The van der Waals surface area contributed by atoms with Gasteiger partial charge in [-0.15, -0.1) is 0 Å². The number of guanidine groups is 1. The highest BCUT2D eigenvalue weighted by molar-refractivity contribution is 5.95. The van der Waals surface area contributed by atoms with Crippen molar-refractivity contribution < 1.29 is 24.3 Å². The molecule has 0 bridgehead atoms. The van der Waals surface area contributed by atoms with E-state index in [4.69, 9.17) is 28.7 Å². The number of aromatic amines is 1. The third-order valence-electron chi connectivity index (χ3n) is 9.85. The second-order valence-corrected chi connectivity index (χ2v) is 14.5. The molecule has 16 nitrogen and oxygen atoms in total. The Hall–Kier alpha value is -6.13. The lowest BCUT2D eigenvalue weighted by atomic mass is 10.0. The van der Waals surface area contributed by atoms with Gasteiger partial charge in [-0.25, -0.2) is 0 Å². The number of carbonyl (C=O) groups is 4. The van der Waals surface area contributed by atoms with Gasteiger partial charge in [-0.05, 0) is 98.6 Å². The van der Waals surface area contributed by atoms with Crippen LogP contribution in [0.3, 0.4) is 0 Å². The Morgan fingerprint density at radius 2 is 1.28 bits per heavy atom. The zero-order valence-electron chi connectivity index (χ0n) is 32.9. The van der Waals surface area contributed by atoms with Gasteiger partial charge >= 0.3 is 0 Å². The number of para-hydroxylation sites is 1. The smallest absolute Gasteiger partial charge is 0.243 e. The minimum absolute atomic E-state index is 0.0473. The van der Waals surface area contributed by atoms with Gasteiger partial charge in [-0.3, -0.25) is 24.2 Å². The van der Waals surface area contributed by atoms with Crippen molar-refractivity contribution in [1.82, 2.24) is 26.3 Å². The predicted octanol–water partition coefficient (Wildman–Crippen LogP) is 1.34. The quantitative estimate of drug-likeness (QED) is 0.0198. The Morgan fingerprint density at radius 3 is 1.97 bits per heavy atom. The van der Waals surface area contributed by atoms with E-state index in [1.54, 1.807) is 30.5 Å². The van der Waals surface area contributed by atoms with Crippen LogP contribution in [0.4, 0.5) is 5.69 Å². The Morgan fingerprint density at radius 1 is 0.672 bits per heavy atom. The molecule has 0 aliphatic heterocycles. The molecule has 4 aromatic rings. The number of phenols is 1. The summed E-state index contributed by atoms with van der Waals surface area (Å²) in [5.41, 5.74) is 32.1. The van der Waals surface area contributed by atoms with Crippen molar-refractivity contribution in [2.24, 2.45) is 27.9 Å². The van der Waals surface area contributed by atoms with Gasteiger partial charge in [-0.1, -0.05) is 55.3 Å². The second-order valence-electron chi connectivity index (χ2n) is 14.5. The molecule has 58 heavy (non-hydrogen) atoms. The minimum atomic E-state index is -1.12. The SMILES string of the molecule is NCCCC[C@H](NC(=O)[C@H](Cc1ccc(O)cc1)NC(=O)[C@H](Cc1ccc(N)cc1)NCCCCCCN=C(N)N)C(=O)N[C@@H](Cc1c[nH]c2ccccc12)C(N)=O. The van der Waals surface area contributed by atoms with Crippen LogP contribution < -0.4 is 49.9 Å². The van der Waals surface area contributed by atoms with Crippen LogP contribution in [0, 0.1) is 0 Å². The van der Waals surface area contributed by atoms with Crippen LogP contribution in [0.25, 0.3) is 10.9 Å². The van der Waals surface area contributed by atoms with Gasteiger partial charge in [0.05, 0.1) is 6.04 Å². The Balaban J connectivity index is 1.52. The number of primary amides is 1. The van der Waals surface area contributed by atoms with Crippen molar-refractivity contribution >= 4 is 46.2 Å². The van der Waals surface area contributed by atoms with Gasteiger partial charge in [0.15, 0.2) is 5.96 Å². The lowest BCUT2D eigenvalue weighted by Crippen LogP contribution is -2.58. The number of rotatable bonds is 25. The van der Waals surface area contributed by atoms with E-state index >= 15 is 0 Å². The van der Waals surface area contributed by atoms with Crippen LogP contribution in [0.2, 0.25) is 0 Å². The molecule has 0 aliphatic rings. The number of nitrogen functional groups attached to an aromatic ring is 1. The van der Waals surface area contributed by atoms with E-state index in [0.717, 1.165) is 47.7 Å². The van der Waals surface area contributed by atoms with E-state index < -0.39 is 47.8 Å². The molecule has 0 saturated heterocycles. The molecular weight excluding hydrogens is 739 g/mol. The number of fused-ring (bicyclic) bond motifs is 1. The molecule has 4 amide bonds. The topological polar surface area (TPSA) is 295 Å². The molecular formula is C42H59N11O5. The molecule has 16 N–H and O–H groups in total. The number of unbranched alkanes of at least 4 members (excludes halogenated alkanes) is 4. The first-order chi connectivity index (χ1) is 27.9. The lowest BCUT2D eigenvalue weighted by Gasteiger charge is -2.26. The standard InChI is InChI=1S/C42H59N11O5/c43-20-6-5-11-34(39(56)52-35(38(45)55)25-29-26-50-33-10-4-3-9-32(29)33)51-41(58)37(24-28-14-18-31(54)19-15-28)53-40(57)36(23-27-12-16-30(44)17-13-27)48-21-7-1-2-8-22-49-42(46)47/h3-4,9-10,12-19,26,34-37,48,50,54H,1-2,5-8,11,20-25,43-44H2,(H2,45,55)(H,51,58)(H,52,56)(H,53,57)(H4,46,47,49)/t34-,35-,36-,37-/m0/s1. The van der Waals surface area contributed by atoms with Gasteiger partial charge in [0.1, 0.15) is 23.9 Å². The zero-order chi connectivity index (χ0) is 41.9. The number of aromatic hydroxyl groups is 1. The molecule has 16 heteroatoms. The van der Waals surface area contributed by atoms with Crippen molar-refractivity contribution in [1.29, 1.82) is 0 Å². The molecule has 0 fully saturated rings. The number of amides is 4. The van der Waals surface area contributed by atoms with E-state index in [0.29, 0.717) is 50.1 Å². The third-order valence-corrected chi connectivity index (χ3v) is 9.85. The largest absolute Gasteiger partial charge is 0.508 e. The number of hydrogen-bond donors (Lipinski definition) is 11. The van der Waals surface area contributed by atoms with Crippen molar-refractivity contribution in [3.63, 3.8) is 0 Å². The van der Waals surface area contributed by atoms with Crippen molar-refractivity contribution in [2.75, 3.05) is 25.4 Å². The highest BCUT2D eigenvalue weighted by Crippen LogP contribution is 2.20. The van der Waals surface area contributed by atoms with Crippen molar-refractivity contribution in [3.05, 3.63) is 95.7 Å². The number of nitrogens with zero attached hydrogens (tertiary/aromatic N) is 1. The zero-order valence-corrected chi connectivity index (χ0v) is 32.9. The summed E-state index contributed by atoms with van der Waals surface area (Å²) < 4.78 is 0. The molecule has 1 aromatic heterocycles. The lowest BCUT2D eigenvalue weighted by molar-refractivity contribution is -0.133. The summed E-state index contributed by atoms with van der Waals surface area (Å²) in [5, 5.41) is 22.7.